The Balaban J connectivity index is 1.98. The van der Waals surface area contributed by atoms with E-state index in [0.717, 1.165) is 13.1 Å². The quantitative estimate of drug-likeness (QED) is 0.841. The molecule has 0 N–H and O–H groups in total. The molecule has 124 valence electrons. The van der Waals surface area contributed by atoms with Crippen LogP contribution in [0.15, 0.2) is 12.4 Å². The molecule has 22 heavy (non-hydrogen) atoms. The van der Waals surface area contributed by atoms with Gasteiger partial charge >= 0.3 is 6.09 Å². The van der Waals surface area contributed by atoms with Crippen LogP contribution in [0.1, 0.15) is 40.2 Å². The van der Waals surface area contributed by atoms with Crippen molar-refractivity contribution in [2.45, 2.75) is 58.8 Å². The van der Waals surface area contributed by atoms with Crippen molar-refractivity contribution in [3.8, 4) is 0 Å². The van der Waals surface area contributed by atoms with Crippen LogP contribution in [0.4, 0.5) is 4.79 Å². The van der Waals surface area contributed by atoms with Gasteiger partial charge in [-0.3, -0.25) is 9.58 Å². The largest absolute Gasteiger partial charge is 0.444 e. The molecule has 1 aliphatic rings. The van der Waals surface area contributed by atoms with Gasteiger partial charge in [0.1, 0.15) is 5.60 Å². The van der Waals surface area contributed by atoms with Gasteiger partial charge < -0.3 is 9.64 Å². The Kier molecular flexibility index (Phi) is 4.80. The number of nitrogens with zero attached hydrogens (tertiary/aromatic N) is 4. The number of piperazine rings is 1. The first-order chi connectivity index (χ1) is 10.2. The van der Waals surface area contributed by atoms with E-state index in [4.69, 9.17) is 4.74 Å². The number of hydrogen-bond acceptors (Lipinski definition) is 4. The Hall–Kier alpha value is -1.56. The first-order valence-electron chi connectivity index (χ1n) is 7.88. The van der Waals surface area contributed by atoms with Gasteiger partial charge in [-0.25, -0.2) is 4.79 Å². The van der Waals surface area contributed by atoms with Gasteiger partial charge in [0.25, 0.3) is 0 Å². The second kappa shape index (κ2) is 6.28. The van der Waals surface area contributed by atoms with Crippen molar-refractivity contribution < 1.29 is 9.53 Å². The molecule has 1 aromatic rings. The van der Waals surface area contributed by atoms with Gasteiger partial charge in [-0.05, 0) is 34.6 Å². The fraction of sp³-hybridized carbons (Fsp3) is 0.750. The smallest absolute Gasteiger partial charge is 0.410 e. The molecule has 0 saturated carbocycles. The van der Waals surface area contributed by atoms with Crippen LogP contribution < -0.4 is 0 Å². The molecular weight excluding hydrogens is 280 g/mol. The Morgan fingerprint density at radius 3 is 2.55 bits per heavy atom. The monoisotopic (exact) mass is 308 g/mol. The zero-order valence-electron chi connectivity index (χ0n) is 14.5. The summed E-state index contributed by atoms with van der Waals surface area (Å²) >= 11 is 0. The highest BCUT2D eigenvalue weighted by molar-refractivity contribution is 5.68. The average Bonchev–Trinajstić information content (AvgIpc) is 2.78. The van der Waals surface area contributed by atoms with Crippen LogP contribution in [0, 0.1) is 0 Å². The number of amides is 1. The van der Waals surface area contributed by atoms with Gasteiger partial charge in [0, 0.05) is 50.5 Å². The Morgan fingerprint density at radius 1 is 1.32 bits per heavy atom. The van der Waals surface area contributed by atoms with E-state index in [1.165, 1.54) is 5.56 Å². The number of rotatable bonds is 2. The van der Waals surface area contributed by atoms with Crippen molar-refractivity contribution >= 4 is 6.09 Å². The molecule has 1 fully saturated rings. The van der Waals surface area contributed by atoms with Crippen LogP contribution in [0.3, 0.4) is 0 Å². The molecule has 0 aliphatic carbocycles. The molecule has 2 atom stereocenters. The summed E-state index contributed by atoms with van der Waals surface area (Å²) in [6.07, 6.45) is 3.72. The van der Waals surface area contributed by atoms with Crippen molar-refractivity contribution in [2.24, 2.45) is 7.05 Å². The van der Waals surface area contributed by atoms with Crippen molar-refractivity contribution in [2.75, 3.05) is 13.1 Å². The molecule has 0 unspecified atom stereocenters. The Morgan fingerprint density at radius 2 is 2.00 bits per heavy atom. The lowest BCUT2D eigenvalue weighted by Crippen LogP contribution is -2.59. The summed E-state index contributed by atoms with van der Waals surface area (Å²) in [6, 6.07) is 0.404. The van der Waals surface area contributed by atoms with Gasteiger partial charge in [0.15, 0.2) is 0 Å². The maximum Gasteiger partial charge on any atom is 0.410 e. The van der Waals surface area contributed by atoms with Gasteiger partial charge in [-0.2, -0.15) is 5.10 Å². The third-order valence-corrected chi connectivity index (χ3v) is 4.17. The van der Waals surface area contributed by atoms with E-state index in [-0.39, 0.29) is 18.2 Å². The molecule has 0 bridgehead atoms. The van der Waals surface area contributed by atoms with Gasteiger partial charge in [-0.15, -0.1) is 0 Å². The van der Waals surface area contributed by atoms with E-state index in [0.29, 0.717) is 6.54 Å². The first-order valence-corrected chi connectivity index (χ1v) is 7.88. The summed E-state index contributed by atoms with van der Waals surface area (Å²) in [5, 5.41) is 4.22. The molecule has 2 heterocycles. The number of carbonyl (C=O) groups is 1. The lowest BCUT2D eigenvalue weighted by Gasteiger charge is -2.44. The zero-order chi connectivity index (χ0) is 16.5. The van der Waals surface area contributed by atoms with E-state index in [9.17, 15) is 4.79 Å². The molecule has 1 saturated heterocycles. The molecule has 0 radical (unpaired) electrons. The zero-order valence-corrected chi connectivity index (χ0v) is 14.5. The second-order valence-electron chi connectivity index (χ2n) is 7.15. The number of carbonyl (C=O) groups excluding carboxylic acids is 1. The fourth-order valence-electron chi connectivity index (χ4n) is 2.80. The average molecular weight is 308 g/mol. The minimum Gasteiger partial charge on any atom is -0.444 e. The molecule has 2 rings (SSSR count). The number of aryl methyl sites for hydroxylation is 1. The molecular formula is C16H28N4O2. The van der Waals surface area contributed by atoms with Crippen LogP contribution in [0.5, 0.6) is 0 Å². The summed E-state index contributed by atoms with van der Waals surface area (Å²) in [4.78, 5) is 16.5. The second-order valence-corrected chi connectivity index (χ2v) is 7.15. The van der Waals surface area contributed by atoms with Crippen LogP contribution in [0.2, 0.25) is 0 Å². The van der Waals surface area contributed by atoms with E-state index in [2.05, 4.69) is 23.8 Å². The highest BCUT2D eigenvalue weighted by Gasteiger charge is 2.35. The Bertz CT molecular complexity index is 520. The van der Waals surface area contributed by atoms with E-state index < -0.39 is 5.60 Å². The third kappa shape index (κ3) is 4.00. The fourth-order valence-corrected chi connectivity index (χ4v) is 2.80. The van der Waals surface area contributed by atoms with Gasteiger partial charge in [0.05, 0.1) is 6.20 Å². The number of ether oxygens (including phenoxy) is 1. The lowest BCUT2D eigenvalue weighted by molar-refractivity contribution is -0.0144. The molecule has 0 spiro atoms. The highest BCUT2D eigenvalue weighted by Crippen LogP contribution is 2.21. The van der Waals surface area contributed by atoms with E-state index in [1.807, 2.05) is 49.8 Å². The van der Waals surface area contributed by atoms with Crippen molar-refractivity contribution in [3.05, 3.63) is 18.0 Å². The predicted octanol–water partition coefficient (Wildman–Crippen LogP) is 2.25. The summed E-state index contributed by atoms with van der Waals surface area (Å²) in [6.45, 7) is 12.4. The molecule has 1 amide bonds. The van der Waals surface area contributed by atoms with Crippen LogP contribution >= 0.6 is 0 Å². The van der Waals surface area contributed by atoms with Crippen LogP contribution in [-0.4, -0.2) is 56.4 Å². The summed E-state index contributed by atoms with van der Waals surface area (Å²) in [7, 11) is 1.93. The molecule has 0 aromatic carbocycles. The molecule has 1 aromatic heterocycles. The maximum absolute atomic E-state index is 12.3. The predicted molar refractivity (Wildman–Crippen MR) is 85.5 cm³/mol. The summed E-state index contributed by atoms with van der Waals surface area (Å²) < 4.78 is 7.33. The first kappa shape index (κ1) is 16.8. The summed E-state index contributed by atoms with van der Waals surface area (Å²) in [5.74, 6) is 0. The van der Waals surface area contributed by atoms with Gasteiger partial charge in [0.2, 0.25) is 0 Å². The van der Waals surface area contributed by atoms with Gasteiger partial charge in [-0.1, -0.05) is 0 Å². The summed E-state index contributed by atoms with van der Waals surface area (Å²) in [5.41, 5.74) is 0.750. The minimum atomic E-state index is -0.452. The molecule has 6 nitrogen and oxygen atoms in total. The van der Waals surface area contributed by atoms with Crippen molar-refractivity contribution in [1.29, 1.82) is 0 Å². The highest BCUT2D eigenvalue weighted by atomic mass is 16.6. The van der Waals surface area contributed by atoms with Crippen LogP contribution in [-0.2, 0) is 18.3 Å². The third-order valence-electron chi connectivity index (χ3n) is 4.17. The number of hydrogen-bond donors (Lipinski definition) is 0. The van der Waals surface area contributed by atoms with Crippen molar-refractivity contribution in [1.82, 2.24) is 19.6 Å². The lowest BCUT2D eigenvalue weighted by atomic mass is 10.0. The minimum absolute atomic E-state index is 0.125. The van der Waals surface area contributed by atoms with E-state index in [1.54, 1.807) is 0 Å². The normalized spacial score (nSPS) is 23.6. The topological polar surface area (TPSA) is 50.6 Å². The molecule has 6 heteroatoms. The standard InChI is InChI=1S/C16H28N4O2/c1-12-13(2)20(15(21)22-16(3,4)5)8-7-19(12)11-14-9-17-18(6)10-14/h9-10,12-13H,7-8,11H2,1-6H3/t12-,13+/m1/s1. The number of aromatic nitrogens is 2. The van der Waals surface area contributed by atoms with Crippen LogP contribution in [0.25, 0.3) is 0 Å². The van der Waals surface area contributed by atoms with E-state index >= 15 is 0 Å². The molecule has 1 aliphatic heterocycles. The Labute approximate surface area is 133 Å². The SMILES string of the molecule is C[C@@H]1[C@H](C)N(C(=O)OC(C)(C)C)CCN1Cc1cnn(C)c1. The van der Waals surface area contributed by atoms with Crippen molar-refractivity contribution in [3.63, 3.8) is 0 Å². The maximum atomic E-state index is 12.3.